The van der Waals surface area contributed by atoms with Gasteiger partial charge < -0.3 is 4.90 Å². The molecule has 2 heterocycles. The number of nitrogens with zero attached hydrogens (tertiary/aromatic N) is 3. The van der Waals surface area contributed by atoms with Crippen molar-refractivity contribution >= 4 is 5.91 Å². The van der Waals surface area contributed by atoms with Crippen LogP contribution in [0.15, 0.2) is 18.3 Å². The number of piperazine rings is 1. The van der Waals surface area contributed by atoms with E-state index in [0.29, 0.717) is 5.56 Å². The number of nitrogens with two attached hydrogens (primary N) is 1. The molecule has 0 atom stereocenters. The number of carbonyl (C=O) groups excluding carboxylic acids is 1. The Bertz CT molecular complexity index is 477. The van der Waals surface area contributed by atoms with Gasteiger partial charge in [0.2, 0.25) is 0 Å². The van der Waals surface area contributed by atoms with E-state index in [0.717, 1.165) is 44.3 Å². The summed E-state index contributed by atoms with van der Waals surface area (Å²) in [4.78, 5) is 20.7. The number of hydrogen-bond donors (Lipinski definition) is 2. The van der Waals surface area contributed by atoms with Crippen LogP contribution >= 0.6 is 0 Å². The quantitative estimate of drug-likeness (QED) is 0.460. The molecular weight excluding hydrogens is 266 g/mol. The lowest BCUT2D eigenvalue weighted by molar-refractivity contribution is 0.0953. The number of amides is 1. The number of hydrogen-bond acceptors (Lipinski definition) is 5. The lowest BCUT2D eigenvalue weighted by Crippen LogP contribution is -2.46. The van der Waals surface area contributed by atoms with Gasteiger partial charge >= 0.3 is 0 Å². The Labute approximate surface area is 125 Å². The Balaban J connectivity index is 1.47. The van der Waals surface area contributed by atoms with Gasteiger partial charge in [-0.25, -0.2) is 5.84 Å². The third kappa shape index (κ3) is 4.00. The zero-order valence-electron chi connectivity index (χ0n) is 12.3. The van der Waals surface area contributed by atoms with E-state index in [4.69, 9.17) is 5.84 Å². The topological polar surface area (TPSA) is 74.5 Å². The second-order valence-corrected chi connectivity index (χ2v) is 6.03. The number of rotatable bonds is 5. The summed E-state index contributed by atoms with van der Waals surface area (Å²) in [5.74, 6) is 5.77. The molecule has 1 saturated heterocycles. The molecule has 1 aliphatic heterocycles. The summed E-state index contributed by atoms with van der Waals surface area (Å²) < 4.78 is 0. The first-order valence-corrected chi connectivity index (χ1v) is 7.65. The van der Waals surface area contributed by atoms with E-state index in [1.54, 1.807) is 12.3 Å². The minimum atomic E-state index is -0.303. The van der Waals surface area contributed by atoms with Crippen LogP contribution in [0.25, 0.3) is 0 Å². The average Bonchev–Trinajstić information content (AvgIpc) is 3.33. The molecule has 6 nitrogen and oxygen atoms in total. The fourth-order valence-electron chi connectivity index (χ4n) is 2.76. The summed E-state index contributed by atoms with van der Waals surface area (Å²) in [7, 11) is 0. The van der Waals surface area contributed by atoms with Gasteiger partial charge in [0.1, 0.15) is 0 Å². The lowest BCUT2D eigenvalue weighted by atomic mass is 10.2. The predicted molar refractivity (Wildman–Crippen MR) is 80.3 cm³/mol. The zero-order chi connectivity index (χ0) is 14.7. The highest BCUT2D eigenvalue weighted by atomic mass is 16.2. The van der Waals surface area contributed by atoms with E-state index in [2.05, 4.69) is 20.2 Å². The molecule has 2 fully saturated rings. The van der Waals surface area contributed by atoms with Crippen LogP contribution in [0.1, 0.15) is 28.9 Å². The van der Waals surface area contributed by atoms with E-state index in [1.165, 1.54) is 19.4 Å². The molecule has 1 aromatic heterocycles. The van der Waals surface area contributed by atoms with E-state index < -0.39 is 0 Å². The molecule has 114 valence electrons. The number of carbonyl (C=O) groups is 1. The molecule has 0 radical (unpaired) electrons. The molecule has 3 rings (SSSR count). The van der Waals surface area contributed by atoms with Crippen molar-refractivity contribution < 1.29 is 4.79 Å². The van der Waals surface area contributed by atoms with Gasteiger partial charge in [-0.05, 0) is 30.9 Å². The van der Waals surface area contributed by atoms with Gasteiger partial charge in [-0.15, -0.1) is 0 Å². The predicted octanol–water partition coefficient (Wildman–Crippen LogP) is 0.213. The molecule has 0 aromatic carbocycles. The van der Waals surface area contributed by atoms with Crippen LogP contribution in [-0.4, -0.2) is 53.4 Å². The number of pyridine rings is 1. The summed E-state index contributed by atoms with van der Waals surface area (Å²) >= 11 is 0. The Kier molecular flexibility index (Phi) is 4.48. The summed E-state index contributed by atoms with van der Waals surface area (Å²) in [6, 6.07) is 3.68. The van der Waals surface area contributed by atoms with Crippen molar-refractivity contribution in [2.24, 2.45) is 11.8 Å². The summed E-state index contributed by atoms with van der Waals surface area (Å²) in [5, 5.41) is 0. The van der Waals surface area contributed by atoms with Crippen molar-refractivity contribution in [3.05, 3.63) is 29.6 Å². The van der Waals surface area contributed by atoms with Gasteiger partial charge in [-0.1, -0.05) is 0 Å². The maximum atomic E-state index is 11.4. The summed E-state index contributed by atoms with van der Waals surface area (Å²) in [5.41, 5.74) is 3.61. The fraction of sp³-hybridized carbons (Fsp3) is 0.600. The third-order valence-corrected chi connectivity index (χ3v) is 4.28. The summed E-state index contributed by atoms with van der Waals surface area (Å²) in [6.45, 7) is 6.64. The number of hydrazine groups is 1. The van der Waals surface area contributed by atoms with E-state index in [9.17, 15) is 4.79 Å². The van der Waals surface area contributed by atoms with Crippen LogP contribution in [0.3, 0.4) is 0 Å². The first-order chi connectivity index (χ1) is 10.2. The Hall–Kier alpha value is -1.50. The maximum absolute atomic E-state index is 11.4. The molecule has 1 saturated carbocycles. The van der Waals surface area contributed by atoms with Crippen molar-refractivity contribution in [1.82, 2.24) is 20.2 Å². The molecular formula is C15H23N5O. The molecule has 1 amide bonds. The minimum absolute atomic E-state index is 0.303. The van der Waals surface area contributed by atoms with Gasteiger partial charge in [0.15, 0.2) is 0 Å². The van der Waals surface area contributed by atoms with E-state index in [1.807, 2.05) is 6.07 Å². The SMILES string of the molecule is NNC(=O)c1ccc(CN2CCN(CC3CC3)CC2)nc1. The zero-order valence-corrected chi connectivity index (χ0v) is 12.3. The second-order valence-electron chi connectivity index (χ2n) is 6.03. The monoisotopic (exact) mass is 289 g/mol. The molecule has 1 aromatic rings. The maximum Gasteiger partial charge on any atom is 0.266 e. The Morgan fingerprint density at radius 1 is 1.24 bits per heavy atom. The third-order valence-electron chi connectivity index (χ3n) is 4.28. The number of nitrogens with one attached hydrogen (secondary N) is 1. The van der Waals surface area contributed by atoms with Crippen LogP contribution in [0, 0.1) is 5.92 Å². The van der Waals surface area contributed by atoms with Crippen molar-refractivity contribution in [1.29, 1.82) is 0 Å². The molecule has 1 aliphatic carbocycles. The van der Waals surface area contributed by atoms with Gasteiger partial charge in [0.05, 0.1) is 11.3 Å². The van der Waals surface area contributed by atoms with Gasteiger partial charge in [0.25, 0.3) is 5.91 Å². The highest BCUT2D eigenvalue weighted by molar-refractivity contribution is 5.93. The first-order valence-electron chi connectivity index (χ1n) is 7.65. The fourth-order valence-corrected chi connectivity index (χ4v) is 2.76. The smallest absolute Gasteiger partial charge is 0.266 e. The molecule has 6 heteroatoms. The standard InChI is InChI=1S/C15H23N5O/c16-18-15(21)13-3-4-14(17-9-13)11-20-7-5-19(6-8-20)10-12-1-2-12/h3-4,9,12H,1-2,5-8,10-11,16H2,(H,18,21). The van der Waals surface area contributed by atoms with Crippen molar-refractivity contribution in [3.63, 3.8) is 0 Å². The molecule has 3 N–H and O–H groups in total. The Morgan fingerprint density at radius 2 is 1.95 bits per heavy atom. The van der Waals surface area contributed by atoms with Gasteiger partial charge in [0, 0.05) is 45.5 Å². The number of aromatic nitrogens is 1. The minimum Gasteiger partial charge on any atom is -0.301 e. The lowest BCUT2D eigenvalue weighted by Gasteiger charge is -2.34. The van der Waals surface area contributed by atoms with Gasteiger partial charge in [-0.3, -0.25) is 20.1 Å². The average molecular weight is 289 g/mol. The highest BCUT2D eigenvalue weighted by Crippen LogP contribution is 2.29. The first kappa shape index (κ1) is 14.4. The van der Waals surface area contributed by atoms with Crippen molar-refractivity contribution in [2.45, 2.75) is 19.4 Å². The normalized spacial score (nSPS) is 20.4. The second kappa shape index (κ2) is 6.51. The molecule has 0 bridgehead atoms. The van der Waals surface area contributed by atoms with Crippen molar-refractivity contribution in [3.8, 4) is 0 Å². The highest BCUT2D eigenvalue weighted by Gasteiger charge is 2.26. The molecule has 0 unspecified atom stereocenters. The van der Waals surface area contributed by atoms with Crippen LogP contribution in [0.5, 0.6) is 0 Å². The largest absolute Gasteiger partial charge is 0.301 e. The molecule has 2 aliphatic rings. The molecule has 0 spiro atoms. The van der Waals surface area contributed by atoms with E-state index in [-0.39, 0.29) is 5.91 Å². The van der Waals surface area contributed by atoms with Crippen LogP contribution < -0.4 is 11.3 Å². The summed E-state index contributed by atoms with van der Waals surface area (Å²) in [6.07, 6.45) is 4.43. The molecule has 21 heavy (non-hydrogen) atoms. The van der Waals surface area contributed by atoms with Crippen LogP contribution in [0.4, 0.5) is 0 Å². The van der Waals surface area contributed by atoms with E-state index >= 15 is 0 Å². The Morgan fingerprint density at radius 3 is 2.52 bits per heavy atom. The van der Waals surface area contributed by atoms with Crippen molar-refractivity contribution in [2.75, 3.05) is 32.7 Å². The number of nitrogen functional groups attached to an aromatic ring is 1. The van der Waals surface area contributed by atoms with Crippen LogP contribution in [-0.2, 0) is 6.54 Å². The van der Waals surface area contributed by atoms with Gasteiger partial charge in [-0.2, -0.15) is 0 Å². The van der Waals surface area contributed by atoms with Crippen LogP contribution in [0.2, 0.25) is 0 Å².